The maximum atomic E-state index is 9.69. The summed E-state index contributed by atoms with van der Waals surface area (Å²) >= 11 is 0. The molecule has 64 heavy (non-hydrogen) atoms. The molecule has 306 valence electrons. The summed E-state index contributed by atoms with van der Waals surface area (Å²) in [5, 5.41) is 4.59. The van der Waals surface area contributed by atoms with Crippen molar-refractivity contribution in [2.45, 2.75) is 5.41 Å². The predicted octanol–water partition coefficient (Wildman–Crippen LogP) is 16.3. The van der Waals surface area contributed by atoms with Gasteiger partial charge in [0.2, 0.25) is 0 Å². The van der Waals surface area contributed by atoms with Crippen LogP contribution < -0.4 is 0 Å². The second-order valence-electron chi connectivity index (χ2n) is 15.6. The largest absolute Gasteiger partial charge is 0.318 e. The molecule has 0 saturated carbocycles. The van der Waals surface area contributed by atoms with Crippen molar-refractivity contribution in [2.75, 3.05) is 0 Å². The summed E-state index contributed by atoms with van der Waals surface area (Å²) in [5.74, 6) is 0. The van der Waals surface area contributed by atoms with Gasteiger partial charge in [0, 0.05) is 17.6 Å². The minimum Gasteiger partial charge on any atom is -0.318 e. The van der Waals surface area contributed by atoms with Crippen molar-refractivity contribution in [1.82, 2.24) is 4.90 Å². The van der Waals surface area contributed by atoms with Crippen LogP contribution in [-0.4, -0.2) is 4.90 Å². The molecule has 8 aromatic carbocycles. The van der Waals surface area contributed by atoms with E-state index in [1.807, 2.05) is 109 Å². The highest BCUT2D eigenvalue weighted by molar-refractivity contribution is 6.10. The molecule has 0 aliphatic heterocycles. The molecule has 9 rings (SSSR count). The Morgan fingerprint density at radius 1 is 0.578 bits per heavy atom. The van der Waals surface area contributed by atoms with Crippen LogP contribution >= 0.6 is 0 Å². The fraction of sp³-hybridized carbons (Fsp3) is 0.0159. The number of fused-ring (bicyclic) bond motifs is 4. The maximum Gasteiger partial charge on any atom is 0.0714 e. The van der Waals surface area contributed by atoms with Gasteiger partial charge in [0.15, 0.2) is 0 Å². The molecule has 8 aromatic rings. The van der Waals surface area contributed by atoms with Crippen molar-refractivity contribution in [3.05, 3.63) is 319 Å². The van der Waals surface area contributed by atoms with E-state index in [1.54, 1.807) is 11.0 Å². The van der Waals surface area contributed by atoms with Crippen molar-refractivity contribution in [2.24, 2.45) is 0 Å². The first-order chi connectivity index (χ1) is 33.4. The summed E-state index contributed by atoms with van der Waals surface area (Å²) in [6.07, 6.45) is 13.5. The van der Waals surface area contributed by atoms with Gasteiger partial charge in [-0.1, -0.05) is 239 Å². The normalized spacial score (nSPS) is 15.4. The lowest BCUT2D eigenvalue weighted by molar-refractivity contribution is 0.613. The number of nitrogens with zero attached hydrogens (tertiary/aromatic N) is 1. The van der Waals surface area contributed by atoms with Gasteiger partial charge in [-0.15, -0.1) is 0 Å². The molecule has 1 aliphatic rings. The first kappa shape index (κ1) is 36.4. The predicted molar refractivity (Wildman–Crippen MR) is 275 cm³/mol. The zero-order valence-electron chi connectivity index (χ0n) is 39.5. The number of hydrogen-bond acceptors (Lipinski definition) is 1. The Morgan fingerprint density at radius 3 is 1.86 bits per heavy atom. The van der Waals surface area contributed by atoms with E-state index in [0.29, 0.717) is 11.3 Å². The molecule has 0 heterocycles. The zero-order chi connectivity index (χ0) is 47.0. The van der Waals surface area contributed by atoms with Gasteiger partial charge >= 0.3 is 0 Å². The molecule has 0 unspecified atom stereocenters. The second kappa shape index (κ2) is 18.4. The SMILES string of the molecule is [2H]C=C(/C([2H])=C(/[2H])C(=C[2H])N(/C=C/C1=C(C=C)c2ccccc2C1(c1ccccc1)c1ccccc1)/C(C=C)=C/C=C/c1cc2ccccc2c2ccccc12)c1ccc(-c2ccccc2)cc1. The quantitative estimate of drug-likeness (QED) is 0.0780. The van der Waals surface area contributed by atoms with Crippen molar-refractivity contribution in [1.29, 1.82) is 0 Å². The van der Waals surface area contributed by atoms with Crippen LogP contribution in [0.5, 0.6) is 0 Å². The lowest BCUT2D eigenvalue weighted by Crippen LogP contribution is -2.29. The van der Waals surface area contributed by atoms with Gasteiger partial charge in [-0.3, -0.25) is 0 Å². The lowest BCUT2D eigenvalue weighted by Gasteiger charge is -2.35. The molecule has 0 amide bonds. The minimum absolute atomic E-state index is 0.114. The molecule has 1 nitrogen and oxygen atoms in total. The molecule has 0 N–H and O–H groups in total. The number of rotatable bonds is 14. The van der Waals surface area contributed by atoms with Crippen LogP contribution in [0.25, 0.3) is 49.9 Å². The Balaban J connectivity index is 1.21. The van der Waals surface area contributed by atoms with Gasteiger partial charge in [-0.2, -0.15) is 0 Å². The van der Waals surface area contributed by atoms with Crippen LogP contribution in [-0.2, 0) is 5.41 Å². The fourth-order valence-corrected chi connectivity index (χ4v) is 9.05. The number of allylic oxidation sites excluding steroid dienone is 10. The van der Waals surface area contributed by atoms with Gasteiger partial charge in [-0.05, 0) is 113 Å². The summed E-state index contributed by atoms with van der Waals surface area (Å²) < 4.78 is 36.6. The van der Waals surface area contributed by atoms with E-state index < -0.39 is 5.41 Å². The van der Waals surface area contributed by atoms with E-state index >= 15 is 0 Å². The third kappa shape index (κ3) is 7.77. The Hall–Kier alpha value is -8.26. The summed E-state index contributed by atoms with van der Waals surface area (Å²) in [6.45, 7) is 10.8. The van der Waals surface area contributed by atoms with Crippen molar-refractivity contribution in [3.63, 3.8) is 0 Å². The minimum atomic E-state index is -0.766. The third-order valence-electron chi connectivity index (χ3n) is 12.0. The molecule has 0 bridgehead atoms. The summed E-state index contributed by atoms with van der Waals surface area (Å²) in [5.41, 5.74) is 10.1. The van der Waals surface area contributed by atoms with E-state index in [2.05, 4.69) is 135 Å². The molecular formula is C63H49N. The molecule has 1 aliphatic carbocycles. The molecule has 0 saturated heterocycles. The van der Waals surface area contributed by atoms with E-state index in [9.17, 15) is 2.74 Å². The monoisotopic (exact) mass is 823 g/mol. The van der Waals surface area contributed by atoms with E-state index in [-0.39, 0.29) is 23.4 Å². The van der Waals surface area contributed by atoms with E-state index in [1.165, 1.54) is 5.39 Å². The van der Waals surface area contributed by atoms with Crippen LogP contribution in [0, 0.1) is 0 Å². The van der Waals surface area contributed by atoms with Crippen molar-refractivity contribution >= 4 is 38.8 Å². The first-order valence-corrected chi connectivity index (χ1v) is 21.4. The van der Waals surface area contributed by atoms with Crippen LogP contribution in [0.15, 0.2) is 286 Å². The van der Waals surface area contributed by atoms with Gasteiger partial charge in [0.1, 0.15) is 0 Å². The van der Waals surface area contributed by atoms with Crippen molar-refractivity contribution in [3.8, 4) is 11.1 Å². The average Bonchev–Trinajstić information content (AvgIpc) is 3.69. The molecule has 0 spiro atoms. The first-order valence-electron chi connectivity index (χ1n) is 23.6. The molecule has 0 aromatic heterocycles. The molecule has 0 fully saturated rings. The molecular weight excluding hydrogens is 771 g/mol. The summed E-state index contributed by atoms with van der Waals surface area (Å²) in [7, 11) is 0. The zero-order valence-corrected chi connectivity index (χ0v) is 35.5. The highest BCUT2D eigenvalue weighted by atomic mass is 15.1. The Kier molecular flexibility index (Phi) is 10.5. The maximum absolute atomic E-state index is 9.69. The summed E-state index contributed by atoms with van der Waals surface area (Å²) in [4.78, 5) is 1.75. The number of hydrogen-bond donors (Lipinski definition) is 0. The van der Waals surface area contributed by atoms with Gasteiger partial charge in [0.25, 0.3) is 0 Å². The highest BCUT2D eigenvalue weighted by Crippen LogP contribution is 2.55. The van der Waals surface area contributed by atoms with Crippen LogP contribution in [0.3, 0.4) is 0 Å². The van der Waals surface area contributed by atoms with Crippen LogP contribution in [0.2, 0.25) is 0 Å². The van der Waals surface area contributed by atoms with Gasteiger partial charge in [0.05, 0.1) is 10.9 Å². The van der Waals surface area contributed by atoms with E-state index in [0.717, 1.165) is 79.4 Å². The highest BCUT2D eigenvalue weighted by Gasteiger charge is 2.46. The standard InChI is InChI=1S/C63H49N/c1-5-55(31-22-26-52-45-51-25-16-17-32-57(51)59-34-19-18-33-58(52)59)64(47(4)38-37-46(3)48-39-41-50(42-40-48)49-23-10-7-11-24-49)44-43-62-56(6-2)60-35-20-21-36-61(60)63(62,53-27-12-8-13-28-53)54-29-14-9-15-30-54/h5-45H,1-4H2/b26-22+,38-37-,44-43+,55-31+/i3D,4D,37D,38D/b26-22+,38-37-,44-43+,46-3?,47-4?,55-31+. The average molecular weight is 824 g/mol. The molecule has 1 heteroatoms. The van der Waals surface area contributed by atoms with Crippen LogP contribution in [0.4, 0.5) is 0 Å². The van der Waals surface area contributed by atoms with E-state index in [4.69, 9.17) is 2.74 Å². The van der Waals surface area contributed by atoms with Gasteiger partial charge in [-0.25, -0.2) is 0 Å². The van der Waals surface area contributed by atoms with Crippen molar-refractivity contribution < 1.29 is 5.48 Å². The molecule has 0 atom stereocenters. The van der Waals surface area contributed by atoms with Crippen LogP contribution in [0.1, 0.15) is 38.9 Å². The number of benzene rings is 8. The Bertz CT molecular complexity index is 3350. The summed E-state index contributed by atoms with van der Waals surface area (Å²) in [6, 6.07) is 65.6. The molecule has 0 radical (unpaired) electrons. The second-order valence-corrected chi connectivity index (χ2v) is 15.6. The smallest absolute Gasteiger partial charge is 0.0714 e. The Morgan fingerprint density at radius 2 is 1.19 bits per heavy atom. The lowest BCUT2D eigenvalue weighted by atomic mass is 9.67. The third-order valence-corrected chi connectivity index (χ3v) is 12.0. The Labute approximate surface area is 383 Å². The van der Waals surface area contributed by atoms with Gasteiger partial charge < -0.3 is 4.90 Å². The fourth-order valence-electron chi connectivity index (χ4n) is 9.05. The topological polar surface area (TPSA) is 3.24 Å².